The van der Waals surface area contributed by atoms with Crippen LogP contribution < -0.4 is 5.32 Å². The topological polar surface area (TPSA) is 42.2 Å². The second-order valence-electron chi connectivity index (χ2n) is 5.47. The van der Waals surface area contributed by atoms with E-state index in [9.17, 15) is 4.79 Å². The van der Waals surface area contributed by atoms with Crippen molar-refractivity contribution in [3.63, 3.8) is 0 Å². The maximum atomic E-state index is 12.3. The average molecular weight is 257 g/mol. The van der Waals surface area contributed by atoms with Crippen molar-refractivity contribution in [3.8, 4) is 0 Å². The molecule has 1 aromatic heterocycles. The van der Waals surface area contributed by atoms with Crippen LogP contribution in [0.4, 0.5) is 0 Å². The largest absolute Gasteiger partial charge is 0.453 e. The Morgan fingerprint density at radius 1 is 1.32 bits per heavy atom. The first-order chi connectivity index (χ1) is 9.22. The van der Waals surface area contributed by atoms with Crippen molar-refractivity contribution in [1.29, 1.82) is 0 Å². The molecule has 100 valence electrons. The molecule has 1 saturated heterocycles. The van der Waals surface area contributed by atoms with Gasteiger partial charge in [0.25, 0.3) is 0 Å². The summed E-state index contributed by atoms with van der Waals surface area (Å²) in [6.07, 6.45) is 2.79. The summed E-state index contributed by atoms with van der Waals surface area (Å²) in [6, 6.07) is 7.88. The molecule has 3 rings (SSSR count). The minimum absolute atomic E-state index is 0.140. The van der Waals surface area contributed by atoms with Crippen LogP contribution in [0.15, 0.2) is 28.7 Å². The first kappa shape index (κ1) is 12.4. The van der Waals surface area contributed by atoms with Gasteiger partial charge in [-0.3, -0.25) is 4.79 Å². The van der Waals surface area contributed by atoms with Crippen molar-refractivity contribution in [2.75, 3.05) is 13.1 Å². The maximum Gasteiger partial charge on any atom is 0.198 e. The van der Waals surface area contributed by atoms with Gasteiger partial charge < -0.3 is 9.73 Å². The van der Waals surface area contributed by atoms with Gasteiger partial charge in [0.1, 0.15) is 5.58 Å². The molecule has 1 fully saturated rings. The van der Waals surface area contributed by atoms with Crippen LogP contribution in [0.1, 0.15) is 35.4 Å². The molecule has 1 aromatic carbocycles. The lowest BCUT2D eigenvalue weighted by molar-refractivity contribution is 0.0927. The normalized spacial score (nSPS) is 16.9. The Bertz CT molecular complexity index is 594. The van der Waals surface area contributed by atoms with E-state index in [-0.39, 0.29) is 5.78 Å². The molecule has 1 aliphatic heterocycles. The Labute approximate surface area is 113 Å². The Balaban J connectivity index is 1.77. The van der Waals surface area contributed by atoms with Gasteiger partial charge in [0, 0.05) is 11.8 Å². The number of aryl methyl sites for hydroxylation is 1. The van der Waals surface area contributed by atoms with E-state index in [2.05, 4.69) is 11.4 Å². The Morgan fingerprint density at radius 2 is 2.11 bits per heavy atom. The maximum absolute atomic E-state index is 12.3. The second kappa shape index (κ2) is 5.17. The molecular formula is C16H19NO2. The molecule has 0 aliphatic carbocycles. The summed E-state index contributed by atoms with van der Waals surface area (Å²) in [4.78, 5) is 12.3. The van der Waals surface area contributed by atoms with E-state index in [1.807, 2.05) is 25.1 Å². The molecule has 0 bridgehead atoms. The van der Waals surface area contributed by atoms with Crippen LogP contribution in [0.25, 0.3) is 11.0 Å². The van der Waals surface area contributed by atoms with Crippen LogP contribution in [0.2, 0.25) is 0 Å². The van der Waals surface area contributed by atoms with Gasteiger partial charge in [-0.2, -0.15) is 0 Å². The van der Waals surface area contributed by atoms with Gasteiger partial charge in [-0.1, -0.05) is 11.6 Å². The Hall–Kier alpha value is -1.61. The van der Waals surface area contributed by atoms with E-state index >= 15 is 0 Å². The van der Waals surface area contributed by atoms with Gasteiger partial charge in [-0.05, 0) is 57.0 Å². The van der Waals surface area contributed by atoms with E-state index < -0.39 is 0 Å². The summed E-state index contributed by atoms with van der Waals surface area (Å²) in [5, 5.41) is 4.34. The van der Waals surface area contributed by atoms with Crippen molar-refractivity contribution >= 4 is 16.8 Å². The molecule has 1 N–H and O–H groups in total. The first-order valence-electron chi connectivity index (χ1n) is 6.96. The number of carbonyl (C=O) groups excluding carboxylic acids is 1. The fraction of sp³-hybridized carbons (Fsp3) is 0.438. The average Bonchev–Trinajstić information content (AvgIpc) is 2.83. The molecule has 3 nitrogen and oxygen atoms in total. The van der Waals surface area contributed by atoms with Crippen LogP contribution >= 0.6 is 0 Å². The number of carbonyl (C=O) groups is 1. The smallest absolute Gasteiger partial charge is 0.198 e. The third-order valence-corrected chi connectivity index (χ3v) is 3.88. The van der Waals surface area contributed by atoms with Crippen molar-refractivity contribution in [3.05, 3.63) is 35.6 Å². The summed E-state index contributed by atoms with van der Waals surface area (Å²) in [7, 11) is 0. The highest BCUT2D eigenvalue weighted by molar-refractivity contribution is 5.97. The molecule has 1 aliphatic rings. The third kappa shape index (κ3) is 2.71. The number of furan rings is 1. The number of Topliss-reactive ketones (excluding diaryl/α,β-unsaturated/α-hetero) is 1. The van der Waals surface area contributed by atoms with E-state index in [0.717, 1.165) is 36.9 Å². The van der Waals surface area contributed by atoms with E-state index in [0.29, 0.717) is 18.1 Å². The fourth-order valence-electron chi connectivity index (χ4n) is 2.75. The zero-order valence-corrected chi connectivity index (χ0v) is 11.2. The van der Waals surface area contributed by atoms with Gasteiger partial charge >= 0.3 is 0 Å². The quantitative estimate of drug-likeness (QED) is 0.858. The highest BCUT2D eigenvalue weighted by atomic mass is 16.3. The van der Waals surface area contributed by atoms with Crippen molar-refractivity contribution in [2.24, 2.45) is 5.92 Å². The van der Waals surface area contributed by atoms with E-state index in [4.69, 9.17) is 4.42 Å². The molecule has 3 heteroatoms. The van der Waals surface area contributed by atoms with E-state index in [1.165, 1.54) is 5.56 Å². The lowest BCUT2D eigenvalue weighted by Crippen LogP contribution is -2.28. The van der Waals surface area contributed by atoms with Crippen LogP contribution in [-0.2, 0) is 0 Å². The van der Waals surface area contributed by atoms with Crippen LogP contribution in [0.5, 0.6) is 0 Å². The van der Waals surface area contributed by atoms with Gasteiger partial charge in [0.2, 0.25) is 0 Å². The summed E-state index contributed by atoms with van der Waals surface area (Å²) < 4.78 is 5.66. The van der Waals surface area contributed by atoms with Gasteiger partial charge in [-0.15, -0.1) is 0 Å². The number of ketones is 1. The summed E-state index contributed by atoms with van der Waals surface area (Å²) in [6.45, 7) is 4.09. The summed E-state index contributed by atoms with van der Waals surface area (Å²) in [5.74, 6) is 1.16. The molecule has 2 heterocycles. The molecule has 0 amide bonds. The van der Waals surface area contributed by atoms with Crippen LogP contribution in [0.3, 0.4) is 0 Å². The molecule has 0 unspecified atom stereocenters. The summed E-state index contributed by atoms with van der Waals surface area (Å²) >= 11 is 0. The number of rotatable bonds is 3. The zero-order valence-electron chi connectivity index (χ0n) is 11.2. The van der Waals surface area contributed by atoms with E-state index in [1.54, 1.807) is 0 Å². The zero-order chi connectivity index (χ0) is 13.2. The second-order valence-corrected chi connectivity index (χ2v) is 5.47. The summed E-state index contributed by atoms with van der Waals surface area (Å²) in [5.41, 5.74) is 1.99. The highest BCUT2D eigenvalue weighted by Gasteiger charge is 2.20. The SMILES string of the molecule is Cc1ccc2oc(C(=O)CC3CCNCC3)cc2c1. The molecule has 0 saturated carbocycles. The number of fused-ring (bicyclic) bond motifs is 1. The number of nitrogens with one attached hydrogen (secondary N) is 1. The molecular weight excluding hydrogens is 238 g/mol. The molecule has 19 heavy (non-hydrogen) atoms. The van der Waals surface area contributed by atoms with Crippen molar-refractivity contribution in [2.45, 2.75) is 26.2 Å². The highest BCUT2D eigenvalue weighted by Crippen LogP contribution is 2.24. The fourth-order valence-corrected chi connectivity index (χ4v) is 2.75. The first-order valence-corrected chi connectivity index (χ1v) is 6.96. The van der Waals surface area contributed by atoms with Crippen molar-refractivity contribution < 1.29 is 9.21 Å². The van der Waals surface area contributed by atoms with Crippen molar-refractivity contribution in [1.82, 2.24) is 5.32 Å². The monoisotopic (exact) mass is 257 g/mol. The minimum Gasteiger partial charge on any atom is -0.453 e. The number of benzene rings is 1. The third-order valence-electron chi connectivity index (χ3n) is 3.88. The molecule has 0 atom stereocenters. The molecule has 2 aromatic rings. The van der Waals surface area contributed by atoms with Gasteiger partial charge in [-0.25, -0.2) is 0 Å². The predicted octanol–water partition coefficient (Wildman–Crippen LogP) is 3.31. The standard InChI is InChI=1S/C16H19NO2/c1-11-2-3-15-13(8-11)10-16(19-15)14(18)9-12-4-6-17-7-5-12/h2-3,8,10,12,17H,4-7,9H2,1H3. The van der Waals surface area contributed by atoms with Crippen LogP contribution in [0, 0.1) is 12.8 Å². The molecule has 0 radical (unpaired) electrons. The number of piperidine rings is 1. The Morgan fingerprint density at radius 3 is 2.89 bits per heavy atom. The Kier molecular flexibility index (Phi) is 3.38. The predicted molar refractivity (Wildman–Crippen MR) is 75.5 cm³/mol. The van der Waals surface area contributed by atoms with Gasteiger partial charge in [0.05, 0.1) is 0 Å². The van der Waals surface area contributed by atoms with Gasteiger partial charge in [0.15, 0.2) is 11.5 Å². The number of hydrogen-bond acceptors (Lipinski definition) is 3. The minimum atomic E-state index is 0.140. The lowest BCUT2D eigenvalue weighted by Gasteiger charge is -2.21. The van der Waals surface area contributed by atoms with Crippen LogP contribution in [-0.4, -0.2) is 18.9 Å². The number of hydrogen-bond donors (Lipinski definition) is 1. The molecule has 0 spiro atoms. The lowest BCUT2D eigenvalue weighted by atomic mass is 9.92.